The van der Waals surface area contributed by atoms with E-state index < -0.39 is 5.91 Å². The summed E-state index contributed by atoms with van der Waals surface area (Å²) in [5.41, 5.74) is 2.53. The van der Waals surface area contributed by atoms with Gasteiger partial charge in [-0.15, -0.1) is 0 Å². The summed E-state index contributed by atoms with van der Waals surface area (Å²) in [5, 5.41) is 8.76. The zero-order valence-corrected chi connectivity index (χ0v) is 12.4. The van der Waals surface area contributed by atoms with Gasteiger partial charge in [0.2, 0.25) is 0 Å². The van der Waals surface area contributed by atoms with Gasteiger partial charge in [-0.3, -0.25) is 14.8 Å². The van der Waals surface area contributed by atoms with Gasteiger partial charge in [-0.05, 0) is 37.0 Å². The maximum absolute atomic E-state index is 12.2. The number of anilines is 1. The minimum atomic E-state index is -0.599. The molecule has 6 nitrogen and oxygen atoms in total. The van der Waals surface area contributed by atoms with Gasteiger partial charge in [0.15, 0.2) is 6.61 Å². The van der Waals surface area contributed by atoms with Crippen molar-refractivity contribution >= 4 is 17.5 Å². The number of rotatable bonds is 3. The van der Waals surface area contributed by atoms with Gasteiger partial charge in [-0.2, -0.15) is 0 Å². The highest BCUT2D eigenvalue weighted by atomic mass is 16.5. The number of carbonyl (C=O) groups is 2. The molecule has 1 aliphatic heterocycles. The van der Waals surface area contributed by atoms with Crippen LogP contribution in [0, 0.1) is 5.92 Å². The first-order valence-electron chi connectivity index (χ1n) is 7.70. The Kier molecular flexibility index (Phi) is 4.29. The van der Waals surface area contributed by atoms with Gasteiger partial charge in [0.25, 0.3) is 11.8 Å². The molecule has 0 atom stereocenters. The lowest BCUT2D eigenvalue weighted by atomic mass is 9.88. The number of fused-ring (bicyclic) bond motifs is 1. The number of hydrogen-bond acceptors (Lipinski definition) is 4. The summed E-state index contributed by atoms with van der Waals surface area (Å²) in [6.07, 6.45) is 5.96. The van der Waals surface area contributed by atoms with Crippen LogP contribution in [0.2, 0.25) is 0 Å². The predicted octanol–water partition coefficient (Wildman–Crippen LogP) is 2.11. The molecule has 0 saturated heterocycles. The number of hydrogen-bond donors (Lipinski definition) is 2. The van der Waals surface area contributed by atoms with E-state index in [1.807, 2.05) is 0 Å². The normalized spacial score (nSPS) is 18.6. The fourth-order valence-electron chi connectivity index (χ4n) is 3.24. The Morgan fingerprint density at radius 2 is 2.09 bits per heavy atom. The number of nitrogens with one attached hydrogen (secondary N) is 1. The average molecular weight is 304 g/mol. The SMILES string of the molecule is O=C(NO)c1ccc2c(c1)N(CC1CCCCC1)C(=O)CO2. The van der Waals surface area contributed by atoms with E-state index in [2.05, 4.69) is 0 Å². The highest BCUT2D eigenvalue weighted by molar-refractivity contribution is 6.01. The van der Waals surface area contributed by atoms with Gasteiger partial charge in [-0.1, -0.05) is 19.3 Å². The first-order valence-corrected chi connectivity index (χ1v) is 7.70. The molecule has 0 spiro atoms. The van der Waals surface area contributed by atoms with Crippen LogP contribution in [0.25, 0.3) is 0 Å². The molecule has 2 N–H and O–H groups in total. The van der Waals surface area contributed by atoms with Gasteiger partial charge in [0, 0.05) is 12.1 Å². The van der Waals surface area contributed by atoms with E-state index in [1.54, 1.807) is 28.6 Å². The molecule has 118 valence electrons. The summed E-state index contributed by atoms with van der Waals surface area (Å²) in [4.78, 5) is 25.5. The summed E-state index contributed by atoms with van der Waals surface area (Å²) >= 11 is 0. The molecular weight excluding hydrogens is 284 g/mol. The summed E-state index contributed by atoms with van der Waals surface area (Å²) in [5.74, 6) is 0.418. The fourth-order valence-corrected chi connectivity index (χ4v) is 3.24. The Balaban J connectivity index is 1.87. The van der Waals surface area contributed by atoms with Crippen LogP contribution in [0.15, 0.2) is 18.2 Å². The van der Waals surface area contributed by atoms with Crippen LogP contribution >= 0.6 is 0 Å². The average Bonchev–Trinajstić information content (AvgIpc) is 2.57. The highest BCUT2D eigenvalue weighted by Crippen LogP contribution is 2.35. The summed E-state index contributed by atoms with van der Waals surface area (Å²) in [6.45, 7) is 0.699. The van der Waals surface area contributed by atoms with E-state index in [0.717, 1.165) is 12.8 Å². The quantitative estimate of drug-likeness (QED) is 0.662. The lowest BCUT2D eigenvalue weighted by Crippen LogP contribution is -2.42. The van der Waals surface area contributed by atoms with E-state index in [9.17, 15) is 9.59 Å². The van der Waals surface area contributed by atoms with Crippen LogP contribution in [-0.2, 0) is 4.79 Å². The molecule has 2 amide bonds. The smallest absolute Gasteiger partial charge is 0.274 e. The maximum atomic E-state index is 12.2. The summed E-state index contributed by atoms with van der Waals surface area (Å²) in [7, 11) is 0. The molecule has 1 fully saturated rings. The van der Waals surface area contributed by atoms with E-state index in [1.165, 1.54) is 19.3 Å². The van der Waals surface area contributed by atoms with Crippen LogP contribution in [0.5, 0.6) is 5.75 Å². The van der Waals surface area contributed by atoms with Gasteiger partial charge < -0.3 is 9.64 Å². The molecule has 1 aliphatic carbocycles. The third kappa shape index (κ3) is 2.92. The minimum absolute atomic E-state index is 0.0330. The topological polar surface area (TPSA) is 78.9 Å². The van der Waals surface area contributed by atoms with E-state index in [0.29, 0.717) is 29.5 Å². The lowest BCUT2D eigenvalue weighted by Gasteiger charge is -2.33. The first kappa shape index (κ1) is 14.8. The van der Waals surface area contributed by atoms with E-state index >= 15 is 0 Å². The van der Waals surface area contributed by atoms with E-state index in [-0.39, 0.29) is 12.5 Å². The van der Waals surface area contributed by atoms with Crippen molar-refractivity contribution in [1.29, 1.82) is 0 Å². The molecule has 0 radical (unpaired) electrons. The Morgan fingerprint density at radius 1 is 1.32 bits per heavy atom. The van der Waals surface area contributed by atoms with Crippen molar-refractivity contribution < 1.29 is 19.5 Å². The van der Waals surface area contributed by atoms with E-state index in [4.69, 9.17) is 9.94 Å². The van der Waals surface area contributed by atoms with Gasteiger partial charge in [0.05, 0.1) is 5.69 Å². The molecule has 0 bridgehead atoms. The van der Waals surface area contributed by atoms with Crippen LogP contribution in [0.1, 0.15) is 42.5 Å². The molecule has 1 heterocycles. The Bertz CT molecular complexity index is 582. The Morgan fingerprint density at radius 3 is 2.82 bits per heavy atom. The predicted molar refractivity (Wildman–Crippen MR) is 80.1 cm³/mol. The van der Waals surface area contributed by atoms with Crippen molar-refractivity contribution in [3.63, 3.8) is 0 Å². The van der Waals surface area contributed by atoms with Crippen molar-refractivity contribution in [3.05, 3.63) is 23.8 Å². The lowest BCUT2D eigenvalue weighted by molar-refractivity contribution is -0.121. The fraction of sp³-hybridized carbons (Fsp3) is 0.500. The Hall–Kier alpha value is -2.08. The number of amides is 2. The largest absolute Gasteiger partial charge is 0.482 e. The van der Waals surface area contributed by atoms with Gasteiger partial charge in [0.1, 0.15) is 5.75 Å². The summed E-state index contributed by atoms with van der Waals surface area (Å²) < 4.78 is 5.44. The molecule has 0 aromatic heterocycles. The zero-order valence-electron chi connectivity index (χ0n) is 12.4. The second-order valence-electron chi connectivity index (χ2n) is 5.92. The number of hydroxylamine groups is 1. The standard InChI is InChI=1S/C16H20N2O4/c19-15-10-22-14-7-6-12(16(20)17-21)8-13(14)18(15)9-11-4-2-1-3-5-11/h6-8,11,21H,1-5,9-10H2,(H,17,20). The molecule has 1 aromatic rings. The van der Waals surface area contributed by atoms with Crippen molar-refractivity contribution in [2.75, 3.05) is 18.1 Å². The molecule has 1 saturated carbocycles. The minimum Gasteiger partial charge on any atom is -0.482 e. The molecule has 0 unspecified atom stereocenters. The van der Waals surface area contributed by atoms with Crippen LogP contribution in [0.3, 0.4) is 0 Å². The highest BCUT2D eigenvalue weighted by Gasteiger charge is 2.29. The third-order valence-corrected chi connectivity index (χ3v) is 4.43. The molecule has 1 aromatic carbocycles. The van der Waals surface area contributed by atoms with Gasteiger partial charge in [-0.25, -0.2) is 5.48 Å². The Labute approximate surface area is 129 Å². The number of carbonyl (C=O) groups excluding carboxylic acids is 2. The van der Waals surface area contributed by atoms with Crippen molar-refractivity contribution in [3.8, 4) is 5.75 Å². The van der Waals surface area contributed by atoms with Crippen LogP contribution < -0.4 is 15.1 Å². The van der Waals surface area contributed by atoms with Crippen molar-refractivity contribution in [2.45, 2.75) is 32.1 Å². The second-order valence-corrected chi connectivity index (χ2v) is 5.92. The van der Waals surface area contributed by atoms with Crippen LogP contribution in [0.4, 0.5) is 5.69 Å². The molecular formula is C16H20N2O4. The molecule has 3 rings (SSSR count). The first-order chi connectivity index (χ1) is 10.7. The monoisotopic (exact) mass is 304 g/mol. The van der Waals surface area contributed by atoms with Crippen LogP contribution in [-0.4, -0.2) is 30.2 Å². The van der Waals surface area contributed by atoms with Crippen molar-refractivity contribution in [1.82, 2.24) is 5.48 Å². The molecule has 6 heteroatoms. The number of nitrogens with zero attached hydrogens (tertiary/aromatic N) is 1. The summed E-state index contributed by atoms with van der Waals surface area (Å²) in [6, 6.07) is 4.83. The second kappa shape index (κ2) is 6.36. The van der Waals surface area contributed by atoms with Gasteiger partial charge >= 0.3 is 0 Å². The number of benzene rings is 1. The molecule has 22 heavy (non-hydrogen) atoms. The zero-order chi connectivity index (χ0) is 15.5. The van der Waals surface area contributed by atoms with Crippen molar-refractivity contribution in [2.24, 2.45) is 5.92 Å². The molecule has 2 aliphatic rings. The number of ether oxygens (including phenoxy) is 1. The third-order valence-electron chi connectivity index (χ3n) is 4.43. The maximum Gasteiger partial charge on any atom is 0.274 e.